The van der Waals surface area contributed by atoms with E-state index < -0.39 is 0 Å². The molecule has 2 heterocycles. The highest BCUT2D eigenvalue weighted by atomic mass is 79.9. The van der Waals surface area contributed by atoms with Gasteiger partial charge >= 0.3 is 0 Å². The molecule has 1 aliphatic rings. The normalized spacial score (nSPS) is 16.3. The minimum absolute atomic E-state index is 0.0474. The fourth-order valence-electron chi connectivity index (χ4n) is 2.40. The summed E-state index contributed by atoms with van der Waals surface area (Å²) in [5.74, 6) is 0.672. The number of aryl methyl sites for hydroxylation is 1. The van der Waals surface area contributed by atoms with Crippen molar-refractivity contribution >= 4 is 21.6 Å². The molecule has 2 N–H and O–H groups in total. The molecule has 2 rings (SSSR count). The molecular weight excluding hydrogens is 320 g/mol. The number of unbranched alkanes of at least 4 members (excludes halogenated alkanes) is 1. The first kappa shape index (κ1) is 15.5. The average Bonchev–Trinajstić information content (AvgIpc) is 2.49. The molecule has 0 radical (unpaired) electrons. The van der Waals surface area contributed by atoms with E-state index in [0.717, 1.165) is 38.2 Å². The highest BCUT2D eigenvalue weighted by Gasteiger charge is 2.14. The van der Waals surface area contributed by atoms with Crippen LogP contribution in [0.2, 0.25) is 0 Å². The standard InChI is InChI=1S/C14H23BrN4O/c1-2-3-8-19-14(20)13(15)12(10-18-19)17-9-11-4-6-16-7-5-11/h10-11,16-17H,2-9H2,1H3. The average molecular weight is 343 g/mol. The first-order chi connectivity index (χ1) is 9.72. The van der Waals surface area contributed by atoms with Gasteiger partial charge in [-0.15, -0.1) is 0 Å². The summed E-state index contributed by atoms with van der Waals surface area (Å²) in [7, 11) is 0. The van der Waals surface area contributed by atoms with E-state index in [4.69, 9.17) is 0 Å². The quantitative estimate of drug-likeness (QED) is 0.832. The van der Waals surface area contributed by atoms with Crippen LogP contribution < -0.4 is 16.2 Å². The molecule has 1 saturated heterocycles. The lowest BCUT2D eigenvalue weighted by Crippen LogP contribution is -2.31. The van der Waals surface area contributed by atoms with Crippen molar-refractivity contribution in [2.75, 3.05) is 25.0 Å². The topological polar surface area (TPSA) is 59.0 Å². The summed E-state index contributed by atoms with van der Waals surface area (Å²) in [5, 5.41) is 11.0. The van der Waals surface area contributed by atoms with E-state index in [9.17, 15) is 4.79 Å². The predicted molar refractivity (Wildman–Crippen MR) is 85.2 cm³/mol. The summed E-state index contributed by atoms with van der Waals surface area (Å²) < 4.78 is 2.13. The number of nitrogens with zero attached hydrogens (tertiary/aromatic N) is 2. The molecule has 0 unspecified atom stereocenters. The van der Waals surface area contributed by atoms with Gasteiger partial charge in [-0.05, 0) is 54.2 Å². The van der Waals surface area contributed by atoms with Crippen LogP contribution in [0, 0.1) is 5.92 Å². The number of rotatable bonds is 6. The Balaban J connectivity index is 1.97. The number of piperidine rings is 1. The Morgan fingerprint density at radius 3 is 2.95 bits per heavy atom. The second-order valence-electron chi connectivity index (χ2n) is 5.33. The second kappa shape index (κ2) is 7.78. The summed E-state index contributed by atoms with van der Waals surface area (Å²) in [4.78, 5) is 12.2. The smallest absolute Gasteiger partial charge is 0.283 e. The molecule has 1 aliphatic heterocycles. The van der Waals surface area contributed by atoms with Crippen molar-refractivity contribution in [3.63, 3.8) is 0 Å². The largest absolute Gasteiger partial charge is 0.382 e. The third kappa shape index (κ3) is 4.06. The van der Waals surface area contributed by atoms with Crippen LogP contribution in [-0.4, -0.2) is 29.4 Å². The molecule has 5 nitrogen and oxygen atoms in total. The number of nitrogens with one attached hydrogen (secondary N) is 2. The van der Waals surface area contributed by atoms with Crippen molar-refractivity contribution in [3.8, 4) is 0 Å². The van der Waals surface area contributed by atoms with Gasteiger partial charge in [0.05, 0.1) is 11.9 Å². The van der Waals surface area contributed by atoms with Crippen LogP contribution in [0.15, 0.2) is 15.5 Å². The van der Waals surface area contributed by atoms with Crippen molar-refractivity contribution in [1.29, 1.82) is 0 Å². The fraction of sp³-hybridized carbons (Fsp3) is 0.714. The number of hydrogen-bond donors (Lipinski definition) is 2. The molecule has 0 bridgehead atoms. The number of aromatic nitrogens is 2. The molecule has 0 spiro atoms. The minimum atomic E-state index is -0.0474. The summed E-state index contributed by atoms with van der Waals surface area (Å²) >= 11 is 3.40. The van der Waals surface area contributed by atoms with E-state index >= 15 is 0 Å². The van der Waals surface area contributed by atoms with E-state index in [1.54, 1.807) is 6.20 Å². The second-order valence-corrected chi connectivity index (χ2v) is 6.12. The van der Waals surface area contributed by atoms with Gasteiger partial charge < -0.3 is 10.6 Å². The van der Waals surface area contributed by atoms with Crippen LogP contribution >= 0.6 is 15.9 Å². The SMILES string of the molecule is CCCCn1ncc(NCC2CCNCC2)c(Br)c1=O. The highest BCUT2D eigenvalue weighted by Crippen LogP contribution is 2.18. The molecule has 112 valence electrons. The van der Waals surface area contributed by atoms with E-state index in [1.807, 2.05) is 0 Å². The van der Waals surface area contributed by atoms with Gasteiger partial charge in [-0.25, -0.2) is 4.68 Å². The van der Waals surface area contributed by atoms with E-state index in [2.05, 4.69) is 38.6 Å². The zero-order valence-corrected chi connectivity index (χ0v) is 13.6. The molecule has 20 heavy (non-hydrogen) atoms. The fourth-order valence-corrected chi connectivity index (χ4v) is 2.84. The summed E-state index contributed by atoms with van der Waals surface area (Å²) in [6.45, 7) is 5.87. The van der Waals surface area contributed by atoms with Gasteiger partial charge in [-0.1, -0.05) is 13.3 Å². The molecule has 0 aliphatic carbocycles. The Morgan fingerprint density at radius 2 is 2.25 bits per heavy atom. The third-order valence-corrected chi connectivity index (χ3v) is 4.51. The lowest BCUT2D eigenvalue weighted by Gasteiger charge is -2.23. The van der Waals surface area contributed by atoms with E-state index in [-0.39, 0.29) is 5.56 Å². The number of halogens is 1. The van der Waals surface area contributed by atoms with Gasteiger partial charge in [0.25, 0.3) is 5.56 Å². The zero-order valence-electron chi connectivity index (χ0n) is 12.0. The first-order valence-corrected chi connectivity index (χ1v) is 8.22. The maximum absolute atomic E-state index is 12.2. The van der Waals surface area contributed by atoms with Crippen molar-refractivity contribution in [1.82, 2.24) is 15.1 Å². The van der Waals surface area contributed by atoms with Crippen molar-refractivity contribution in [2.24, 2.45) is 5.92 Å². The zero-order chi connectivity index (χ0) is 14.4. The number of hydrogen-bond acceptors (Lipinski definition) is 4. The maximum Gasteiger partial charge on any atom is 0.283 e. The van der Waals surface area contributed by atoms with Crippen LogP contribution in [-0.2, 0) is 6.54 Å². The van der Waals surface area contributed by atoms with E-state index in [1.165, 1.54) is 17.5 Å². The molecular formula is C14H23BrN4O. The monoisotopic (exact) mass is 342 g/mol. The van der Waals surface area contributed by atoms with Crippen LogP contribution in [0.1, 0.15) is 32.6 Å². The lowest BCUT2D eigenvalue weighted by atomic mass is 9.98. The van der Waals surface area contributed by atoms with Gasteiger partial charge in [0.2, 0.25) is 0 Å². The van der Waals surface area contributed by atoms with Crippen LogP contribution in [0.25, 0.3) is 0 Å². The van der Waals surface area contributed by atoms with E-state index in [0.29, 0.717) is 16.9 Å². The Morgan fingerprint density at radius 1 is 1.50 bits per heavy atom. The Labute approximate surface area is 128 Å². The lowest BCUT2D eigenvalue weighted by molar-refractivity contribution is 0.389. The molecule has 0 saturated carbocycles. The molecule has 1 aromatic heterocycles. The Kier molecular flexibility index (Phi) is 6.04. The van der Waals surface area contributed by atoms with Gasteiger partial charge in [0.15, 0.2) is 0 Å². The van der Waals surface area contributed by atoms with Gasteiger partial charge in [-0.2, -0.15) is 5.10 Å². The van der Waals surface area contributed by atoms with Crippen LogP contribution in [0.5, 0.6) is 0 Å². The van der Waals surface area contributed by atoms with Gasteiger partial charge in [0, 0.05) is 13.1 Å². The molecule has 1 fully saturated rings. The maximum atomic E-state index is 12.2. The summed E-state index contributed by atoms with van der Waals surface area (Å²) in [5.41, 5.74) is 0.759. The minimum Gasteiger partial charge on any atom is -0.382 e. The predicted octanol–water partition coefficient (Wildman–Crippen LogP) is 2.22. The molecule has 6 heteroatoms. The van der Waals surface area contributed by atoms with Crippen LogP contribution in [0.3, 0.4) is 0 Å². The first-order valence-electron chi connectivity index (χ1n) is 7.42. The third-order valence-electron chi connectivity index (χ3n) is 3.75. The summed E-state index contributed by atoms with van der Waals surface area (Å²) in [6, 6.07) is 0. The van der Waals surface area contributed by atoms with Crippen LogP contribution in [0.4, 0.5) is 5.69 Å². The van der Waals surface area contributed by atoms with Gasteiger partial charge in [0.1, 0.15) is 4.47 Å². The Bertz CT molecular complexity index is 483. The highest BCUT2D eigenvalue weighted by molar-refractivity contribution is 9.10. The molecule has 0 aromatic carbocycles. The summed E-state index contributed by atoms with van der Waals surface area (Å²) in [6.07, 6.45) is 6.15. The van der Waals surface area contributed by atoms with Crippen molar-refractivity contribution < 1.29 is 0 Å². The molecule has 1 aromatic rings. The number of anilines is 1. The van der Waals surface area contributed by atoms with Crippen molar-refractivity contribution in [2.45, 2.75) is 39.2 Å². The van der Waals surface area contributed by atoms with Gasteiger partial charge in [-0.3, -0.25) is 4.79 Å². The Hall–Kier alpha value is -0.880. The molecule has 0 amide bonds. The van der Waals surface area contributed by atoms with Crippen molar-refractivity contribution in [3.05, 3.63) is 21.0 Å². The molecule has 0 atom stereocenters.